The lowest BCUT2D eigenvalue weighted by atomic mass is 10.1. The number of fused-ring (bicyclic) bond motifs is 2. The van der Waals surface area contributed by atoms with Crippen molar-refractivity contribution in [2.24, 2.45) is 0 Å². The lowest BCUT2D eigenvalue weighted by molar-refractivity contribution is -0.123. The average molecular weight is 348 g/mol. The van der Waals surface area contributed by atoms with Crippen molar-refractivity contribution < 1.29 is 9.59 Å². The molecule has 0 spiro atoms. The summed E-state index contributed by atoms with van der Waals surface area (Å²) < 4.78 is 1.27. The second-order valence-electron chi connectivity index (χ2n) is 6.12. The first-order chi connectivity index (χ1) is 12.6. The van der Waals surface area contributed by atoms with E-state index in [1.807, 2.05) is 12.1 Å². The molecule has 1 aliphatic heterocycles. The first-order valence-corrected chi connectivity index (χ1v) is 8.16. The van der Waals surface area contributed by atoms with Crippen LogP contribution in [-0.4, -0.2) is 35.0 Å². The standard InChI is InChI=1S/C19H16N4O3/c1-21-15-8-4-5-9-16(15)23(11-17(21)24)18(25)10-22-12-20-14-7-3-2-6-13(14)19(22)26/h2-9,12H,10-11H2,1H3. The Bertz CT molecular complexity index is 1090. The van der Waals surface area contributed by atoms with E-state index < -0.39 is 0 Å². The molecule has 2 heterocycles. The van der Waals surface area contributed by atoms with Crippen LogP contribution in [0.15, 0.2) is 59.7 Å². The summed E-state index contributed by atoms with van der Waals surface area (Å²) >= 11 is 0. The predicted molar refractivity (Wildman–Crippen MR) is 98.2 cm³/mol. The van der Waals surface area contributed by atoms with Crippen LogP contribution >= 0.6 is 0 Å². The van der Waals surface area contributed by atoms with Crippen molar-refractivity contribution in [2.45, 2.75) is 6.54 Å². The number of carbonyl (C=O) groups excluding carboxylic acids is 2. The largest absolute Gasteiger partial charge is 0.312 e. The zero-order chi connectivity index (χ0) is 18.3. The highest BCUT2D eigenvalue weighted by molar-refractivity contribution is 6.10. The van der Waals surface area contributed by atoms with E-state index in [9.17, 15) is 14.4 Å². The summed E-state index contributed by atoms with van der Waals surface area (Å²) in [4.78, 5) is 44.8. The highest BCUT2D eigenvalue weighted by atomic mass is 16.2. The van der Waals surface area contributed by atoms with Crippen molar-refractivity contribution in [1.82, 2.24) is 9.55 Å². The molecule has 2 amide bonds. The van der Waals surface area contributed by atoms with Gasteiger partial charge in [0.25, 0.3) is 5.56 Å². The van der Waals surface area contributed by atoms with E-state index >= 15 is 0 Å². The number of carbonyl (C=O) groups is 2. The third-order valence-electron chi connectivity index (χ3n) is 4.54. The Morgan fingerprint density at radius 2 is 1.73 bits per heavy atom. The number of aromatic nitrogens is 2. The topological polar surface area (TPSA) is 75.5 Å². The maximum absolute atomic E-state index is 12.8. The molecule has 130 valence electrons. The fourth-order valence-corrected chi connectivity index (χ4v) is 3.11. The minimum atomic E-state index is -0.335. The van der Waals surface area contributed by atoms with Gasteiger partial charge in [-0.3, -0.25) is 23.9 Å². The summed E-state index contributed by atoms with van der Waals surface area (Å²) in [5.74, 6) is -0.515. The Morgan fingerprint density at radius 3 is 2.54 bits per heavy atom. The molecule has 26 heavy (non-hydrogen) atoms. The number of amides is 2. The Kier molecular flexibility index (Phi) is 3.76. The van der Waals surface area contributed by atoms with Crippen LogP contribution in [0.2, 0.25) is 0 Å². The van der Waals surface area contributed by atoms with Crippen LogP contribution in [0, 0.1) is 0 Å². The second kappa shape index (κ2) is 6.11. The number of anilines is 2. The molecule has 3 aromatic rings. The van der Waals surface area contributed by atoms with Crippen LogP contribution in [0.5, 0.6) is 0 Å². The predicted octanol–water partition coefficient (Wildman–Crippen LogP) is 1.41. The molecule has 0 saturated carbocycles. The van der Waals surface area contributed by atoms with E-state index in [-0.39, 0.29) is 30.5 Å². The summed E-state index contributed by atoms with van der Waals surface area (Å²) in [6.45, 7) is -0.232. The molecule has 0 fully saturated rings. The molecular formula is C19H16N4O3. The first kappa shape index (κ1) is 16.0. The first-order valence-electron chi connectivity index (χ1n) is 8.16. The summed E-state index contributed by atoms with van der Waals surface area (Å²) in [6, 6.07) is 14.2. The lowest BCUT2D eigenvalue weighted by Gasteiger charge is -2.34. The highest BCUT2D eigenvalue weighted by Gasteiger charge is 2.30. The number of hydrogen-bond acceptors (Lipinski definition) is 4. The number of likely N-dealkylation sites (N-methyl/N-ethyl adjacent to an activating group) is 1. The van der Waals surface area contributed by atoms with Crippen LogP contribution in [0.3, 0.4) is 0 Å². The third-order valence-corrected chi connectivity index (χ3v) is 4.54. The van der Waals surface area contributed by atoms with Crippen molar-refractivity contribution in [3.05, 3.63) is 65.2 Å². The van der Waals surface area contributed by atoms with Crippen LogP contribution in [0.1, 0.15) is 0 Å². The third kappa shape index (κ3) is 2.54. The molecule has 0 bridgehead atoms. The van der Waals surface area contributed by atoms with Crippen molar-refractivity contribution in [3.63, 3.8) is 0 Å². The molecule has 2 aromatic carbocycles. The minimum Gasteiger partial charge on any atom is -0.312 e. The zero-order valence-electron chi connectivity index (χ0n) is 14.1. The Balaban J connectivity index is 1.69. The number of rotatable bonds is 2. The smallest absolute Gasteiger partial charge is 0.261 e. The monoisotopic (exact) mass is 348 g/mol. The van der Waals surface area contributed by atoms with E-state index in [1.54, 1.807) is 43.4 Å². The highest BCUT2D eigenvalue weighted by Crippen LogP contribution is 2.32. The molecule has 0 radical (unpaired) electrons. The van der Waals surface area contributed by atoms with Gasteiger partial charge in [-0.1, -0.05) is 24.3 Å². The molecule has 4 rings (SSSR count). The van der Waals surface area contributed by atoms with Gasteiger partial charge in [0, 0.05) is 7.05 Å². The molecule has 0 saturated heterocycles. The molecular weight excluding hydrogens is 332 g/mol. The van der Waals surface area contributed by atoms with E-state index in [0.717, 1.165) is 0 Å². The molecule has 0 aliphatic carbocycles. The quantitative estimate of drug-likeness (QED) is 0.702. The zero-order valence-corrected chi connectivity index (χ0v) is 14.1. The van der Waals surface area contributed by atoms with Crippen molar-refractivity contribution >= 4 is 34.1 Å². The van der Waals surface area contributed by atoms with Crippen molar-refractivity contribution in [1.29, 1.82) is 0 Å². The Labute approximate surface area is 149 Å². The fraction of sp³-hybridized carbons (Fsp3) is 0.158. The molecule has 1 aliphatic rings. The molecule has 7 heteroatoms. The van der Waals surface area contributed by atoms with Gasteiger partial charge in [0.2, 0.25) is 11.8 Å². The average Bonchev–Trinajstić information content (AvgIpc) is 2.67. The van der Waals surface area contributed by atoms with Crippen molar-refractivity contribution in [3.8, 4) is 0 Å². The van der Waals surface area contributed by atoms with Crippen LogP contribution < -0.4 is 15.4 Å². The van der Waals surface area contributed by atoms with Crippen LogP contribution in [0.25, 0.3) is 10.9 Å². The molecule has 1 aromatic heterocycles. The van der Waals surface area contributed by atoms with E-state index in [1.165, 1.54) is 20.7 Å². The maximum Gasteiger partial charge on any atom is 0.261 e. The fourth-order valence-electron chi connectivity index (χ4n) is 3.11. The van der Waals surface area contributed by atoms with Gasteiger partial charge in [0.1, 0.15) is 13.1 Å². The van der Waals surface area contributed by atoms with E-state index in [2.05, 4.69) is 4.98 Å². The number of para-hydroxylation sites is 3. The Hall–Kier alpha value is -3.48. The molecule has 7 nitrogen and oxygen atoms in total. The van der Waals surface area contributed by atoms with Gasteiger partial charge >= 0.3 is 0 Å². The number of hydrogen-bond donors (Lipinski definition) is 0. The van der Waals surface area contributed by atoms with Gasteiger partial charge in [0.15, 0.2) is 0 Å². The van der Waals surface area contributed by atoms with E-state index in [0.29, 0.717) is 22.3 Å². The second-order valence-corrected chi connectivity index (χ2v) is 6.12. The van der Waals surface area contributed by atoms with Gasteiger partial charge in [-0.05, 0) is 24.3 Å². The summed E-state index contributed by atoms with van der Waals surface area (Å²) in [5, 5.41) is 0.456. The normalized spacial score (nSPS) is 13.8. The van der Waals surface area contributed by atoms with Gasteiger partial charge in [-0.15, -0.1) is 0 Å². The van der Waals surface area contributed by atoms with Gasteiger partial charge < -0.3 is 4.90 Å². The van der Waals surface area contributed by atoms with Crippen molar-refractivity contribution in [2.75, 3.05) is 23.4 Å². The molecule has 0 N–H and O–H groups in total. The van der Waals surface area contributed by atoms with Gasteiger partial charge in [0.05, 0.1) is 28.6 Å². The number of nitrogens with zero attached hydrogens (tertiary/aromatic N) is 4. The van der Waals surface area contributed by atoms with Gasteiger partial charge in [-0.25, -0.2) is 4.98 Å². The van der Waals surface area contributed by atoms with Crippen LogP contribution in [-0.2, 0) is 16.1 Å². The summed E-state index contributed by atoms with van der Waals surface area (Å²) in [7, 11) is 1.68. The SMILES string of the molecule is CN1C(=O)CN(C(=O)Cn2cnc3ccccc3c2=O)c2ccccc21. The molecule has 0 atom stereocenters. The summed E-state index contributed by atoms with van der Waals surface area (Å²) in [6.07, 6.45) is 1.37. The minimum absolute atomic E-state index is 0.0535. The lowest BCUT2D eigenvalue weighted by Crippen LogP contribution is -2.48. The maximum atomic E-state index is 12.8. The molecule has 0 unspecified atom stereocenters. The van der Waals surface area contributed by atoms with E-state index in [4.69, 9.17) is 0 Å². The summed E-state index contributed by atoms with van der Waals surface area (Å²) in [5.41, 5.74) is 1.63. The number of benzene rings is 2. The van der Waals surface area contributed by atoms with Crippen LogP contribution in [0.4, 0.5) is 11.4 Å². The van der Waals surface area contributed by atoms with Gasteiger partial charge in [-0.2, -0.15) is 0 Å². The Morgan fingerprint density at radius 1 is 1.04 bits per heavy atom.